The monoisotopic (exact) mass is 331 g/mol. The summed E-state index contributed by atoms with van der Waals surface area (Å²) in [6.07, 6.45) is 0. The minimum absolute atomic E-state index is 0.0112. The molecule has 0 spiro atoms. The predicted molar refractivity (Wildman–Crippen MR) is 90.0 cm³/mol. The van der Waals surface area contributed by atoms with Crippen LogP contribution in [0.25, 0.3) is 0 Å². The normalized spacial score (nSPS) is 11.6. The molecule has 0 aliphatic carbocycles. The number of carbonyl (C=O) groups is 2. The molecule has 4 nitrogen and oxygen atoms in total. The molecule has 1 amide bonds. The van der Waals surface area contributed by atoms with Gasteiger partial charge in [0.25, 0.3) is 5.91 Å². The smallest absolute Gasteiger partial charge is 0.258 e. The van der Waals surface area contributed by atoms with Gasteiger partial charge in [0.15, 0.2) is 12.4 Å². The van der Waals surface area contributed by atoms with Crippen LogP contribution in [-0.4, -0.2) is 18.3 Å². The van der Waals surface area contributed by atoms with Crippen molar-refractivity contribution >= 4 is 23.3 Å². The first kappa shape index (κ1) is 17.0. The van der Waals surface area contributed by atoms with Gasteiger partial charge in [0.05, 0.1) is 6.04 Å². The lowest BCUT2D eigenvalue weighted by atomic mass is 10.1. The molecule has 0 bridgehead atoms. The van der Waals surface area contributed by atoms with Crippen molar-refractivity contribution < 1.29 is 14.3 Å². The number of ether oxygens (including phenoxy) is 1. The van der Waals surface area contributed by atoms with E-state index >= 15 is 0 Å². The second-order valence-electron chi connectivity index (χ2n) is 5.18. The van der Waals surface area contributed by atoms with E-state index in [0.29, 0.717) is 16.3 Å². The maximum atomic E-state index is 12.0. The van der Waals surface area contributed by atoms with E-state index in [1.165, 1.54) is 6.92 Å². The van der Waals surface area contributed by atoms with Crippen LogP contribution in [0.2, 0.25) is 5.02 Å². The van der Waals surface area contributed by atoms with Crippen LogP contribution in [0, 0.1) is 0 Å². The van der Waals surface area contributed by atoms with Crippen LogP contribution in [0.15, 0.2) is 48.5 Å². The average Bonchev–Trinajstić information content (AvgIpc) is 2.53. The number of hydrogen-bond donors (Lipinski definition) is 1. The van der Waals surface area contributed by atoms with Crippen LogP contribution in [0.1, 0.15) is 35.8 Å². The highest BCUT2D eigenvalue weighted by molar-refractivity contribution is 6.31. The first-order chi connectivity index (χ1) is 11.0. The fourth-order valence-electron chi connectivity index (χ4n) is 2.12. The summed E-state index contributed by atoms with van der Waals surface area (Å²) in [4.78, 5) is 23.1. The lowest BCUT2D eigenvalue weighted by Crippen LogP contribution is -2.31. The fourth-order valence-corrected chi connectivity index (χ4v) is 2.42. The van der Waals surface area contributed by atoms with Gasteiger partial charge in [0, 0.05) is 10.6 Å². The Morgan fingerprint density at radius 1 is 1.13 bits per heavy atom. The van der Waals surface area contributed by atoms with Gasteiger partial charge < -0.3 is 10.1 Å². The van der Waals surface area contributed by atoms with Crippen molar-refractivity contribution in [3.8, 4) is 5.75 Å². The van der Waals surface area contributed by atoms with Crippen LogP contribution < -0.4 is 10.1 Å². The molecule has 0 aliphatic rings. The Bertz CT molecular complexity index is 698. The van der Waals surface area contributed by atoms with Crippen LogP contribution in [-0.2, 0) is 4.79 Å². The molecule has 0 heterocycles. The van der Waals surface area contributed by atoms with Gasteiger partial charge in [0.2, 0.25) is 0 Å². The average molecular weight is 332 g/mol. The second kappa shape index (κ2) is 7.79. The summed E-state index contributed by atoms with van der Waals surface area (Å²) in [6.45, 7) is 3.26. The van der Waals surface area contributed by atoms with Crippen molar-refractivity contribution in [1.82, 2.24) is 5.32 Å². The fraction of sp³-hybridized carbons (Fsp3) is 0.222. The summed E-state index contributed by atoms with van der Waals surface area (Å²) in [6, 6.07) is 13.8. The SMILES string of the molecule is CC(=O)c1ccc(OCC(=O)NC(C)c2ccccc2Cl)cc1. The molecule has 120 valence electrons. The molecule has 1 N–H and O–H groups in total. The Hall–Kier alpha value is -2.33. The Labute approximate surface area is 140 Å². The van der Waals surface area contributed by atoms with E-state index < -0.39 is 0 Å². The van der Waals surface area contributed by atoms with E-state index in [4.69, 9.17) is 16.3 Å². The molecule has 2 aromatic rings. The molecule has 2 rings (SSSR count). The van der Waals surface area contributed by atoms with Crippen LogP contribution in [0.5, 0.6) is 5.75 Å². The predicted octanol–water partition coefficient (Wildman–Crippen LogP) is 3.80. The van der Waals surface area contributed by atoms with E-state index in [1.54, 1.807) is 30.3 Å². The topological polar surface area (TPSA) is 55.4 Å². The summed E-state index contributed by atoms with van der Waals surface area (Å²) in [5, 5.41) is 3.45. The third-order valence-corrected chi connectivity index (χ3v) is 3.72. The minimum atomic E-state index is -0.243. The molecule has 2 aromatic carbocycles. The zero-order chi connectivity index (χ0) is 16.8. The van der Waals surface area contributed by atoms with Crippen LogP contribution in [0.3, 0.4) is 0 Å². The molecule has 23 heavy (non-hydrogen) atoms. The molecule has 0 radical (unpaired) electrons. The molecule has 1 unspecified atom stereocenters. The number of amides is 1. The number of rotatable bonds is 6. The molecule has 0 saturated heterocycles. The van der Waals surface area contributed by atoms with Gasteiger partial charge in [-0.2, -0.15) is 0 Å². The highest BCUT2D eigenvalue weighted by atomic mass is 35.5. The summed E-state index contributed by atoms with van der Waals surface area (Å²) >= 11 is 6.11. The third-order valence-electron chi connectivity index (χ3n) is 3.38. The lowest BCUT2D eigenvalue weighted by molar-refractivity contribution is -0.123. The van der Waals surface area contributed by atoms with Gasteiger partial charge in [-0.15, -0.1) is 0 Å². The highest BCUT2D eigenvalue weighted by Gasteiger charge is 2.12. The van der Waals surface area contributed by atoms with Crippen molar-refractivity contribution in [2.45, 2.75) is 19.9 Å². The zero-order valence-electron chi connectivity index (χ0n) is 13.0. The first-order valence-corrected chi connectivity index (χ1v) is 7.62. The van der Waals surface area contributed by atoms with Crippen molar-refractivity contribution in [3.63, 3.8) is 0 Å². The molecule has 5 heteroatoms. The number of carbonyl (C=O) groups excluding carboxylic acids is 2. The Morgan fingerprint density at radius 2 is 1.78 bits per heavy atom. The van der Waals surface area contributed by atoms with E-state index in [9.17, 15) is 9.59 Å². The quantitative estimate of drug-likeness (QED) is 0.819. The van der Waals surface area contributed by atoms with Gasteiger partial charge in [-0.05, 0) is 49.7 Å². The van der Waals surface area contributed by atoms with Crippen molar-refractivity contribution in [2.24, 2.45) is 0 Å². The third kappa shape index (κ3) is 4.83. The van der Waals surface area contributed by atoms with Gasteiger partial charge in [0.1, 0.15) is 5.75 Å². The summed E-state index contributed by atoms with van der Waals surface area (Å²) in [5.74, 6) is 0.284. The second-order valence-corrected chi connectivity index (χ2v) is 5.59. The van der Waals surface area contributed by atoms with Crippen molar-refractivity contribution in [3.05, 3.63) is 64.7 Å². The zero-order valence-corrected chi connectivity index (χ0v) is 13.8. The van der Waals surface area contributed by atoms with Gasteiger partial charge in [-0.25, -0.2) is 0 Å². The van der Waals surface area contributed by atoms with Crippen molar-refractivity contribution in [1.29, 1.82) is 0 Å². The first-order valence-electron chi connectivity index (χ1n) is 7.25. The number of nitrogens with one attached hydrogen (secondary N) is 1. The van der Waals surface area contributed by atoms with Gasteiger partial charge in [-0.3, -0.25) is 9.59 Å². The summed E-state index contributed by atoms with van der Waals surface area (Å²) in [5.41, 5.74) is 1.46. The molecule has 1 atom stereocenters. The van der Waals surface area contributed by atoms with Crippen molar-refractivity contribution in [2.75, 3.05) is 6.61 Å². The Morgan fingerprint density at radius 3 is 2.39 bits per heavy atom. The minimum Gasteiger partial charge on any atom is -0.484 e. The molecule has 0 fully saturated rings. The molecule has 0 saturated carbocycles. The standard InChI is InChI=1S/C18H18ClNO3/c1-12(16-5-3-4-6-17(16)19)20-18(22)11-23-15-9-7-14(8-10-15)13(2)21/h3-10,12H,11H2,1-2H3,(H,20,22). The molecule has 0 aromatic heterocycles. The van der Waals surface area contributed by atoms with E-state index in [0.717, 1.165) is 5.56 Å². The van der Waals surface area contributed by atoms with Gasteiger partial charge >= 0.3 is 0 Å². The molecular formula is C18H18ClNO3. The number of Topliss-reactive ketones (excluding diaryl/α,β-unsaturated/α-hetero) is 1. The van der Waals surface area contributed by atoms with E-state index in [1.807, 2.05) is 25.1 Å². The lowest BCUT2D eigenvalue weighted by Gasteiger charge is -2.16. The highest BCUT2D eigenvalue weighted by Crippen LogP contribution is 2.22. The van der Waals surface area contributed by atoms with Crippen LogP contribution in [0.4, 0.5) is 0 Å². The Balaban J connectivity index is 1.87. The van der Waals surface area contributed by atoms with E-state index in [-0.39, 0.29) is 24.3 Å². The largest absolute Gasteiger partial charge is 0.484 e. The summed E-state index contributed by atoms with van der Waals surface area (Å²) < 4.78 is 5.41. The number of benzene rings is 2. The number of hydrogen-bond acceptors (Lipinski definition) is 3. The van der Waals surface area contributed by atoms with Crippen LogP contribution >= 0.6 is 11.6 Å². The molecule has 0 aliphatic heterocycles. The van der Waals surface area contributed by atoms with E-state index in [2.05, 4.69) is 5.32 Å². The maximum absolute atomic E-state index is 12.0. The Kier molecular flexibility index (Phi) is 5.77. The number of ketones is 1. The molecular weight excluding hydrogens is 314 g/mol. The van der Waals surface area contributed by atoms with Gasteiger partial charge in [-0.1, -0.05) is 29.8 Å². The number of halogens is 1. The summed E-state index contributed by atoms with van der Waals surface area (Å²) in [7, 11) is 0. The maximum Gasteiger partial charge on any atom is 0.258 e.